The number of halogens is 1. The quantitative estimate of drug-likeness (QED) is 0.378. The molecule has 1 aliphatic rings. The second kappa shape index (κ2) is 9.43. The fourth-order valence-electron chi connectivity index (χ4n) is 3.26. The number of aromatic nitrogens is 2. The summed E-state index contributed by atoms with van der Waals surface area (Å²) < 4.78 is 12.8. The van der Waals surface area contributed by atoms with Gasteiger partial charge in [0, 0.05) is 27.9 Å². The van der Waals surface area contributed by atoms with E-state index in [9.17, 15) is 14.7 Å². The van der Waals surface area contributed by atoms with Crippen LogP contribution in [-0.2, 0) is 20.9 Å². The molecule has 0 spiro atoms. The summed E-state index contributed by atoms with van der Waals surface area (Å²) in [6.45, 7) is 0.570. The van der Waals surface area contributed by atoms with E-state index in [0.717, 1.165) is 3.57 Å². The number of ether oxygens (including phenoxy) is 1. The summed E-state index contributed by atoms with van der Waals surface area (Å²) in [5, 5.41) is 18.8. The van der Waals surface area contributed by atoms with Gasteiger partial charge >= 0.3 is 0 Å². The van der Waals surface area contributed by atoms with Gasteiger partial charge in [0.25, 0.3) is 11.6 Å². The highest BCUT2D eigenvalue weighted by Crippen LogP contribution is 2.18. The molecular weight excluding hydrogens is 515 g/mol. The minimum Gasteiger partial charge on any atom is -0.539 e. The summed E-state index contributed by atoms with van der Waals surface area (Å²) in [4.78, 5) is 26.8. The fourth-order valence-corrected chi connectivity index (χ4v) is 3.62. The van der Waals surface area contributed by atoms with Gasteiger partial charge in [0.1, 0.15) is 12.6 Å². The van der Waals surface area contributed by atoms with E-state index in [1.165, 1.54) is 9.58 Å². The van der Waals surface area contributed by atoms with Gasteiger partial charge in [-0.2, -0.15) is 0 Å². The molecule has 10 heteroatoms. The van der Waals surface area contributed by atoms with Gasteiger partial charge in [-0.25, -0.2) is 0 Å². The van der Waals surface area contributed by atoms with Crippen LogP contribution in [0, 0.1) is 3.57 Å². The highest BCUT2D eigenvalue weighted by Gasteiger charge is 2.34. The van der Waals surface area contributed by atoms with Crippen molar-refractivity contribution in [3.8, 4) is 11.6 Å². The predicted octanol–water partition coefficient (Wildman–Crippen LogP) is 1.39. The number of benzene rings is 2. The molecule has 2 aromatic carbocycles. The van der Waals surface area contributed by atoms with E-state index in [2.05, 4.69) is 33.2 Å². The molecule has 1 saturated heterocycles. The first-order chi connectivity index (χ1) is 15.0. The highest BCUT2D eigenvalue weighted by atomic mass is 127. The molecule has 0 aliphatic carbocycles. The van der Waals surface area contributed by atoms with Gasteiger partial charge in [-0.15, -0.1) is 0 Å². The number of nitrogens with one attached hydrogen (secondary N) is 1. The number of carbonyl (C=O) groups is 2. The SMILES string of the molecule is O=C(CC1OCCN(Cc2c([O-])on[n+]2-c2ccccc2)C1=O)Nc1ccc(I)cc1. The van der Waals surface area contributed by atoms with Gasteiger partial charge in [0.15, 0.2) is 5.95 Å². The molecule has 1 unspecified atom stereocenters. The smallest absolute Gasteiger partial charge is 0.259 e. The highest BCUT2D eigenvalue weighted by molar-refractivity contribution is 14.1. The van der Waals surface area contributed by atoms with Crippen LogP contribution in [0.1, 0.15) is 12.1 Å². The lowest BCUT2D eigenvalue weighted by atomic mass is 10.1. The van der Waals surface area contributed by atoms with Crippen LogP contribution >= 0.6 is 22.6 Å². The molecule has 2 heterocycles. The van der Waals surface area contributed by atoms with E-state index in [1.54, 1.807) is 24.3 Å². The van der Waals surface area contributed by atoms with Crippen molar-refractivity contribution in [1.29, 1.82) is 0 Å². The number of hydrogen-bond acceptors (Lipinski definition) is 6. The lowest BCUT2D eigenvalue weighted by molar-refractivity contribution is -0.678. The maximum atomic E-state index is 12.9. The maximum Gasteiger partial charge on any atom is 0.259 e. The van der Waals surface area contributed by atoms with E-state index < -0.39 is 12.1 Å². The molecule has 1 fully saturated rings. The van der Waals surface area contributed by atoms with E-state index >= 15 is 0 Å². The van der Waals surface area contributed by atoms with Crippen molar-refractivity contribution in [1.82, 2.24) is 10.2 Å². The Hall–Kier alpha value is -2.99. The van der Waals surface area contributed by atoms with Crippen molar-refractivity contribution in [2.45, 2.75) is 19.1 Å². The third kappa shape index (κ3) is 5.02. The van der Waals surface area contributed by atoms with E-state index in [-0.39, 0.29) is 37.1 Å². The Kier molecular flexibility index (Phi) is 6.47. The van der Waals surface area contributed by atoms with E-state index in [0.29, 0.717) is 17.9 Å². The van der Waals surface area contributed by atoms with Crippen LogP contribution in [0.25, 0.3) is 5.69 Å². The first-order valence-electron chi connectivity index (χ1n) is 9.60. The molecule has 1 aromatic heterocycles. The summed E-state index contributed by atoms with van der Waals surface area (Å²) >= 11 is 2.18. The van der Waals surface area contributed by atoms with Crippen LogP contribution in [0.4, 0.5) is 5.69 Å². The fraction of sp³-hybridized carbons (Fsp3) is 0.238. The number of anilines is 1. The molecule has 1 N–H and O–H groups in total. The Morgan fingerprint density at radius 2 is 1.97 bits per heavy atom. The third-order valence-electron chi connectivity index (χ3n) is 4.80. The standard InChI is InChI=1S/C21H19IN4O5/c22-14-6-8-15(9-7-14)23-19(27)12-18-20(28)25(10-11-30-18)13-17-21(29)31-24-26(17)16-4-2-1-3-5-16/h1-9,18H,10-13H2,(H-,23,24,27,29). The van der Waals surface area contributed by atoms with Gasteiger partial charge in [-0.3, -0.25) is 9.59 Å². The third-order valence-corrected chi connectivity index (χ3v) is 5.52. The van der Waals surface area contributed by atoms with Crippen LogP contribution in [0.5, 0.6) is 5.95 Å². The summed E-state index contributed by atoms with van der Waals surface area (Å²) in [7, 11) is 0. The molecule has 9 nitrogen and oxygen atoms in total. The molecule has 2 amide bonds. The number of hydrogen-bond donors (Lipinski definition) is 1. The molecule has 1 atom stereocenters. The molecule has 4 rings (SSSR count). The van der Waals surface area contributed by atoms with Gasteiger partial charge in [-0.05, 0) is 51.5 Å². The molecule has 3 aromatic rings. The normalized spacial score (nSPS) is 16.4. The minimum atomic E-state index is -0.919. The molecule has 0 saturated carbocycles. The van der Waals surface area contributed by atoms with Gasteiger partial charge in [0.2, 0.25) is 11.6 Å². The monoisotopic (exact) mass is 534 g/mol. The second-order valence-electron chi connectivity index (χ2n) is 6.93. The Morgan fingerprint density at radius 3 is 2.71 bits per heavy atom. The van der Waals surface area contributed by atoms with Crippen LogP contribution in [0.3, 0.4) is 0 Å². The van der Waals surface area contributed by atoms with Crippen LogP contribution in [0.15, 0.2) is 59.1 Å². The van der Waals surface area contributed by atoms with Gasteiger partial charge < -0.3 is 24.6 Å². The molecule has 160 valence electrons. The Labute approximate surface area is 191 Å². The summed E-state index contributed by atoms with van der Waals surface area (Å²) in [6, 6.07) is 16.4. The molecule has 0 radical (unpaired) electrons. The lowest BCUT2D eigenvalue weighted by Gasteiger charge is -2.31. The lowest BCUT2D eigenvalue weighted by Crippen LogP contribution is -2.50. The van der Waals surface area contributed by atoms with Crippen molar-refractivity contribution in [3.63, 3.8) is 0 Å². The topological polar surface area (TPSA) is 112 Å². The zero-order valence-electron chi connectivity index (χ0n) is 16.4. The van der Waals surface area contributed by atoms with Crippen LogP contribution in [0.2, 0.25) is 0 Å². The van der Waals surface area contributed by atoms with Crippen molar-refractivity contribution in [2.75, 3.05) is 18.5 Å². The number of amides is 2. The van der Waals surface area contributed by atoms with Gasteiger partial charge in [0.05, 0.1) is 18.3 Å². The van der Waals surface area contributed by atoms with E-state index in [1.807, 2.05) is 30.3 Å². The predicted molar refractivity (Wildman–Crippen MR) is 115 cm³/mol. The second-order valence-corrected chi connectivity index (χ2v) is 8.18. The first-order valence-corrected chi connectivity index (χ1v) is 10.7. The van der Waals surface area contributed by atoms with Crippen LogP contribution < -0.4 is 15.1 Å². The number of morpholine rings is 1. The molecular formula is C21H19IN4O5. The maximum absolute atomic E-state index is 12.9. The zero-order valence-corrected chi connectivity index (χ0v) is 18.5. The van der Waals surface area contributed by atoms with Crippen molar-refractivity contribution < 1.29 is 28.6 Å². The first kappa shape index (κ1) is 21.2. The van der Waals surface area contributed by atoms with Crippen molar-refractivity contribution in [2.24, 2.45) is 0 Å². The Morgan fingerprint density at radius 1 is 1.23 bits per heavy atom. The average Bonchev–Trinajstić information content (AvgIpc) is 3.13. The number of carbonyl (C=O) groups excluding carboxylic acids is 2. The Bertz CT molecular complexity index is 1070. The van der Waals surface area contributed by atoms with E-state index in [4.69, 9.17) is 9.26 Å². The van der Waals surface area contributed by atoms with Crippen molar-refractivity contribution in [3.05, 3.63) is 63.9 Å². The molecule has 0 bridgehead atoms. The average molecular weight is 534 g/mol. The Balaban J connectivity index is 1.43. The van der Waals surface area contributed by atoms with Gasteiger partial charge in [-0.1, -0.05) is 18.2 Å². The largest absolute Gasteiger partial charge is 0.539 e. The molecule has 1 aliphatic heterocycles. The van der Waals surface area contributed by atoms with Crippen LogP contribution in [-0.4, -0.2) is 41.2 Å². The zero-order chi connectivity index (χ0) is 21.8. The number of nitrogens with zero attached hydrogens (tertiary/aromatic N) is 3. The minimum absolute atomic E-state index is 0.00859. The summed E-state index contributed by atoms with van der Waals surface area (Å²) in [6.07, 6.45) is -1.04. The number of para-hydroxylation sites is 1. The van der Waals surface area contributed by atoms with Crippen molar-refractivity contribution >= 4 is 40.1 Å². The number of rotatable bonds is 6. The summed E-state index contributed by atoms with van der Waals surface area (Å²) in [5.74, 6) is -1.30. The summed E-state index contributed by atoms with van der Waals surface area (Å²) in [5.41, 5.74) is 1.52. The molecule has 31 heavy (non-hydrogen) atoms.